The molecule has 75 valence electrons. The molecule has 0 aromatic heterocycles. The molecular formula is C13H11O2. The summed E-state index contributed by atoms with van der Waals surface area (Å²) < 4.78 is 4.66. The van der Waals surface area contributed by atoms with E-state index in [4.69, 9.17) is 0 Å². The monoisotopic (exact) mass is 199 g/mol. The van der Waals surface area contributed by atoms with Crippen LogP contribution in [-0.4, -0.2) is 13.1 Å². The zero-order valence-electron chi connectivity index (χ0n) is 8.49. The average molecular weight is 199 g/mol. The number of benzene rings is 2. The molecule has 2 nitrogen and oxygen atoms in total. The van der Waals surface area contributed by atoms with Crippen molar-refractivity contribution in [3.8, 4) is 0 Å². The summed E-state index contributed by atoms with van der Waals surface area (Å²) in [5, 5.41) is 2.07. The van der Waals surface area contributed by atoms with Crippen molar-refractivity contribution in [2.24, 2.45) is 0 Å². The predicted octanol–water partition coefficient (Wildman–Crippen LogP) is 2.81. The number of methoxy groups -OCH3 is 1. The molecule has 2 rings (SSSR count). The molecule has 0 aliphatic rings. The Bertz CT molecular complexity index is 515. The van der Waals surface area contributed by atoms with Crippen LogP contribution in [0, 0.1) is 6.92 Å². The van der Waals surface area contributed by atoms with Gasteiger partial charge in [-0.3, -0.25) is 0 Å². The summed E-state index contributed by atoms with van der Waals surface area (Å²) in [5.41, 5.74) is 1.53. The van der Waals surface area contributed by atoms with E-state index in [-0.39, 0.29) is 5.97 Å². The van der Waals surface area contributed by atoms with Crippen molar-refractivity contribution in [2.75, 3.05) is 7.11 Å². The second kappa shape index (κ2) is 3.73. The number of hydrogen-bond donors (Lipinski definition) is 0. The van der Waals surface area contributed by atoms with E-state index < -0.39 is 0 Å². The van der Waals surface area contributed by atoms with Crippen LogP contribution in [0.25, 0.3) is 10.8 Å². The van der Waals surface area contributed by atoms with Crippen molar-refractivity contribution in [3.05, 3.63) is 54.4 Å². The summed E-state index contributed by atoms with van der Waals surface area (Å²) in [7, 11) is 1.38. The van der Waals surface area contributed by atoms with Crippen LogP contribution in [0.2, 0.25) is 0 Å². The lowest BCUT2D eigenvalue weighted by Gasteiger charge is -2.04. The molecule has 0 bridgehead atoms. The van der Waals surface area contributed by atoms with E-state index in [1.165, 1.54) is 7.11 Å². The van der Waals surface area contributed by atoms with E-state index >= 15 is 0 Å². The van der Waals surface area contributed by atoms with Crippen LogP contribution in [0.1, 0.15) is 15.9 Å². The molecule has 0 N–H and O–H groups in total. The maximum atomic E-state index is 11.3. The highest BCUT2D eigenvalue weighted by Crippen LogP contribution is 2.19. The lowest BCUT2D eigenvalue weighted by atomic mass is 10.0. The van der Waals surface area contributed by atoms with Crippen molar-refractivity contribution >= 4 is 16.7 Å². The first-order chi connectivity index (χ1) is 7.22. The summed E-state index contributed by atoms with van der Waals surface area (Å²) in [6, 6.07) is 11.3. The highest BCUT2D eigenvalue weighted by molar-refractivity contribution is 5.96. The topological polar surface area (TPSA) is 26.3 Å². The third kappa shape index (κ3) is 1.71. The first-order valence-electron chi connectivity index (χ1n) is 4.65. The van der Waals surface area contributed by atoms with Gasteiger partial charge in [-0.2, -0.15) is 0 Å². The summed E-state index contributed by atoms with van der Waals surface area (Å²) in [4.78, 5) is 11.3. The second-order valence-corrected chi connectivity index (χ2v) is 3.34. The van der Waals surface area contributed by atoms with Gasteiger partial charge >= 0.3 is 5.97 Å². The van der Waals surface area contributed by atoms with Gasteiger partial charge in [-0.05, 0) is 35.4 Å². The minimum atomic E-state index is -0.314. The van der Waals surface area contributed by atoms with E-state index in [0.717, 1.165) is 16.3 Å². The fourth-order valence-electron chi connectivity index (χ4n) is 1.60. The van der Waals surface area contributed by atoms with Gasteiger partial charge in [0.1, 0.15) is 0 Å². The molecule has 2 heteroatoms. The molecule has 0 heterocycles. The SMILES string of the molecule is [CH2]c1cccc2cc(C(=O)OC)ccc12. The van der Waals surface area contributed by atoms with Crippen LogP contribution < -0.4 is 0 Å². The molecule has 0 unspecified atom stereocenters. The molecule has 0 fully saturated rings. The number of rotatable bonds is 1. The Balaban J connectivity index is 2.62. The van der Waals surface area contributed by atoms with Crippen LogP contribution >= 0.6 is 0 Å². The summed E-state index contributed by atoms with van der Waals surface area (Å²) in [6.07, 6.45) is 0. The highest BCUT2D eigenvalue weighted by Gasteiger charge is 2.05. The quantitative estimate of drug-likeness (QED) is 0.660. The van der Waals surface area contributed by atoms with Gasteiger partial charge in [-0.15, -0.1) is 0 Å². The molecule has 2 aromatic rings. The van der Waals surface area contributed by atoms with E-state index in [1.807, 2.05) is 30.3 Å². The van der Waals surface area contributed by atoms with Crippen LogP contribution in [0.3, 0.4) is 0 Å². The number of carbonyl (C=O) groups is 1. The Labute approximate surface area is 88.5 Å². The van der Waals surface area contributed by atoms with E-state index in [0.29, 0.717) is 5.56 Å². The van der Waals surface area contributed by atoms with Crippen molar-refractivity contribution < 1.29 is 9.53 Å². The molecule has 0 aliphatic carbocycles. The molecule has 0 atom stereocenters. The predicted molar refractivity (Wildman–Crippen MR) is 59.7 cm³/mol. The van der Waals surface area contributed by atoms with E-state index in [1.54, 1.807) is 6.07 Å². The molecule has 1 radical (unpaired) electrons. The zero-order valence-corrected chi connectivity index (χ0v) is 8.49. The van der Waals surface area contributed by atoms with Gasteiger partial charge in [0, 0.05) is 0 Å². The van der Waals surface area contributed by atoms with Crippen LogP contribution in [0.4, 0.5) is 0 Å². The third-order valence-corrected chi connectivity index (χ3v) is 2.39. The molecule has 2 aromatic carbocycles. The summed E-state index contributed by atoms with van der Waals surface area (Å²) >= 11 is 0. The van der Waals surface area contributed by atoms with Gasteiger partial charge in [-0.1, -0.05) is 24.3 Å². The Kier molecular flexibility index (Phi) is 2.42. The van der Waals surface area contributed by atoms with Gasteiger partial charge in [0.15, 0.2) is 0 Å². The van der Waals surface area contributed by atoms with Crippen LogP contribution in [0.5, 0.6) is 0 Å². The number of ether oxygens (including phenoxy) is 1. The van der Waals surface area contributed by atoms with Crippen molar-refractivity contribution in [1.82, 2.24) is 0 Å². The smallest absolute Gasteiger partial charge is 0.337 e. The lowest BCUT2D eigenvalue weighted by molar-refractivity contribution is 0.0601. The Morgan fingerprint density at radius 3 is 2.80 bits per heavy atom. The fourth-order valence-corrected chi connectivity index (χ4v) is 1.60. The van der Waals surface area contributed by atoms with Crippen molar-refractivity contribution in [1.29, 1.82) is 0 Å². The maximum absolute atomic E-state index is 11.3. The summed E-state index contributed by atoms with van der Waals surface area (Å²) in [5.74, 6) is -0.314. The molecule has 0 spiro atoms. The number of hydrogen-bond acceptors (Lipinski definition) is 2. The Morgan fingerprint density at radius 1 is 1.27 bits per heavy atom. The fraction of sp³-hybridized carbons (Fsp3) is 0.0769. The molecular weight excluding hydrogens is 188 g/mol. The van der Waals surface area contributed by atoms with Gasteiger partial charge in [0.2, 0.25) is 0 Å². The molecule has 0 saturated carbocycles. The highest BCUT2D eigenvalue weighted by atomic mass is 16.5. The maximum Gasteiger partial charge on any atom is 0.337 e. The second-order valence-electron chi connectivity index (χ2n) is 3.34. The van der Waals surface area contributed by atoms with E-state index in [2.05, 4.69) is 11.7 Å². The first kappa shape index (κ1) is 9.71. The average Bonchev–Trinajstić information content (AvgIpc) is 2.28. The van der Waals surface area contributed by atoms with Crippen LogP contribution in [0.15, 0.2) is 36.4 Å². The molecule has 15 heavy (non-hydrogen) atoms. The van der Waals surface area contributed by atoms with Gasteiger partial charge in [0.25, 0.3) is 0 Å². The normalized spacial score (nSPS) is 10.3. The first-order valence-corrected chi connectivity index (χ1v) is 4.65. The Hall–Kier alpha value is -1.83. The molecule has 0 amide bonds. The van der Waals surface area contributed by atoms with Gasteiger partial charge in [0.05, 0.1) is 12.7 Å². The lowest BCUT2D eigenvalue weighted by Crippen LogP contribution is -2.00. The van der Waals surface area contributed by atoms with Gasteiger partial charge < -0.3 is 4.74 Å². The number of carbonyl (C=O) groups excluding carboxylic acids is 1. The Morgan fingerprint density at radius 2 is 2.07 bits per heavy atom. The molecule has 0 aliphatic heterocycles. The van der Waals surface area contributed by atoms with Crippen molar-refractivity contribution in [2.45, 2.75) is 0 Å². The zero-order chi connectivity index (χ0) is 10.8. The molecule has 0 saturated heterocycles. The third-order valence-electron chi connectivity index (χ3n) is 2.39. The minimum Gasteiger partial charge on any atom is -0.465 e. The minimum absolute atomic E-state index is 0.314. The van der Waals surface area contributed by atoms with Crippen molar-refractivity contribution in [3.63, 3.8) is 0 Å². The largest absolute Gasteiger partial charge is 0.465 e. The summed E-state index contributed by atoms with van der Waals surface area (Å²) in [6.45, 7) is 3.93. The number of esters is 1. The van der Waals surface area contributed by atoms with Crippen LogP contribution in [-0.2, 0) is 4.74 Å². The van der Waals surface area contributed by atoms with Gasteiger partial charge in [-0.25, -0.2) is 4.79 Å². The van der Waals surface area contributed by atoms with E-state index in [9.17, 15) is 4.79 Å². The standard InChI is InChI=1S/C13H11O2/c1-9-4-3-5-10-8-11(13(14)15-2)6-7-12(9)10/h3-8H,1H2,2H3. The number of fused-ring (bicyclic) bond motifs is 1.